The molecule has 98 valence electrons. The van der Waals surface area contributed by atoms with E-state index in [9.17, 15) is 5.11 Å². The van der Waals surface area contributed by atoms with E-state index in [0.717, 1.165) is 25.8 Å². The molecule has 0 fully saturated rings. The zero-order valence-corrected chi connectivity index (χ0v) is 12.0. The Hall–Kier alpha value is -0.380. The minimum Gasteiger partial charge on any atom is -0.396 e. The molecule has 17 heavy (non-hydrogen) atoms. The largest absolute Gasteiger partial charge is 0.396 e. The number of thiophene rings is 1. The van der Waals surface area contributed by atoms with Crippen molar-refractivity contribution in [1.82, 2.24) is 5.32 Å². The Balaban J connectivity index is 2.26. The number of hydrogen-bond donors (Lipinski definition) is 2. The first kappa shape index (κ1) is 14.7. The van der Waals surface area contributed by atoms with E-state index in [1.165, 1.54) is 4.88 Å². The number of hydrogen-bond acceptors (Lipinski definition) is 3. The fourth-order valence-electron chi connectivity index (χ4n) is 1.86. The summed E-state index contributed by atoms with van der Waals surface area (Å²) in [5, 5.41) is 14.9. The first-order valence-corrected chi connectivity index (χ1v) is 7.34. The number of aliphatic hydroxyl groups excluding tert-OH is 1. The van der Waals surface area contributed by atoms with Gasteiger partial charge in [-0.1, -0.05) is 26.8 Å². The lowest BCUT2D eigenvalue weighted by atomic mass is 9.89. The monoisotopic (exact) mass is 255 g/mol. The van der Waals surface area contributed by atoms with Crippen LogP contribution in [0.2, 0.25) is 0 Å². The van der Waals surface area contributed by atoms with Crippen molar-refractivity contribution in [2.75, 3.05) is 13.2 Å². The van der Waals surface area contributed by atoms with E-state index in [0.29, 0.717) is 6.04 Å². The van der Waals surface area contributed by atoms with E-state index in [2.05, 4.69) is 43.6 Å². The lowest BCUT2D eigenvalue weighted by Gasteiger charge is -2.22. The van der Waals surface area contributed by atoms with Crippen LogP contribution in [0, 0.1) is 5.41 Å². The second kappa shape index (κ2) is 7.14. The van der Waals surface area contributed by atoms with Crippen LogP contribution in [-0.2, 0) is 0 Å². The van der Waals surface area contributed by atoms with Crippen molar-refractivity contribution in [3.05, 3.63) is 22.4 Å². The summed E-state index contributed by atoms with van der Waals surface area (Å²) in [5.74, 6) is 0. The molecule has 2 nitrogen and oxygen atoms in total. The van der Waals surface area contributed by atoms with E-state index < -0.39 is 0 Å². The minimum absolute atomic E-state index is 0.0618. The molecule has 0 aliphatic heterocycles. The van der Waals surface area contributed by atoms with Crippen molar-refractivity contribution in [3.8, 4) is 0 Å². The molecule has 1 rings (SSSR count). The zero-order chi connectivity index (χ0) is 12.7. The van der Waals surface area contributed by atoms with Crippen molar-refractivity contribution < 1.29 is 5.11 Å². The summed E-state index contributed by atoms with van der Waals surface area (Å²) in [7, 11) is 0. The Labute approximate surface area is 109 Å². The van der Waals surface area contributed by atoms with Crippen molar-refractivity contribution >= 4 is 11.3 Å². The Morgan fingerprint density at radius 1 is 1.47 bits per heavy atom. The smallest absolute Gasteiger partial charge is 0.0482 e. The summed E-state index contributed by atoms with van der Waals surface area (Å²) in [5.41, 5.74) is 0.0618. The molecule has 0 saturated heterocycles. The van der Waals surface area contributed by atoms with Crippen molar-refractivity contribution in [2.45, 2.75) is 46.1 Å². The van der Waals surface area contributed by atoms with Gasteiger partial charge in [-0.05, 0) is 42.7 Å². The standard InChI is InChI=1S/C14H25NOS/c1-4-12(13-7-5-10-17-13)15-9-6-8-14(2,3)11-16/h5,7,10,12,15-16H,4,6,8-9,11H2,1-3H3. The molecular weight excluding hydrogens is 230 g/mol. The van der Waals surface area contributed by atoms with Crippen LogP contribution in [-0.4, -0.2) is 18.3 Å². The molecule has 0 saturated carbocycles. The van der Waals surface area contributed by atoms with Gasteiger partial charge in [0.2, 0.25) is 0 Å². The van der Waals surface area contributed by atoms with Gasteiger partial charge in [0.05, 0.1) is 0 Å². The Kier molecular flexibility index (Phi) is 6.17. The number of aliphatic hydroxyl groups is 1. The van der Waals surface area contributed by atoms with Crippen molar-refractivity contribution in [2.24, 2.45) is 5.41 Å². The van der Waals surface area contributed by atoms with Gasteiger partial charge in [0.15, 0.2) is 0 Å². The molecule has 0 amide bonds. The molecule has 1 aromatic rings. The van der Waals surface area contributed by atoms with E-state index >= 15 is 0 Å². The highest BCUT2D eigenvalue weighted by molar-refractivity contribution is 7.10. The minimum atomic E-state index is 0.0618. The fraction of sp³-hybridized carbons (Fsp3) is 0.714. The number of rotatable bonds is 8. The SMILES string of the molecule is CCC(NCCCC(C)(C)CO)c1cccs1. The second-order valence-electron chi connectivity index (χ2n) is 5.36. The molecule has 0 spiro atoms. The van der Waals surface area contributed by atoms with Crippen LogP contribution in [0.3, 0.4) is 0 Å². The predicted octanol–water partition coefficient (Wildman–Crippen LogP) is 3.59. The van der Waals surface area contributed by atoms with Gasteiger partial charge in [-0.2, -0.15) is 0 Å². The van der Waals surface area contributed by atoms with E-state index in [-0.39, 0.29) is 12.0 Å². The van der Waals surface area contributed by atoms with Gasteiger partial charge in [-0.25, -0.2) is 0 Å². The van der Waals surface area contributed by atoms with Crippen molar-refractivity contribution in [3.63, 3.8) is 0 Å². The van der Waals surface area contributed by atoms with Gasteiger partial charge >= 0.3 is 0 Å². The quantitative estimate of drug-likeness (QED) is 0.696. The summed E-state index contributed by atoms with van der Waals surface area (Å²) in [6.45, 7) is 7.75. The summed E-state index contributed by atoms with van der Waals surface area (Å²) in [6, 6.07) is 4.80. The molecule has 3 heteroatoms. The molecule has 1 heterocycles. The van der Waals surface area contributed by atoms with Crippen LogP contribution < -0.4 is 5.32 Å². The lowest BCUT2D eigenvalue weighted by Crippen LogP contribution is -2.24. The van der Waals surface area contributed by atoms with Gasteiger partial charge in [0, 0.05) is 17.5 Å². The molecular formula is C14H25NOS. The highest BCUT2D eigenvalue weighted by atomic mass is 32.1. The van der Waals surface area contributed by atoms with Gasteiger partial charge in [0.25, 0.3) is 0 Å². The second-order valence-corrected chi connectivity index (χ2v) is 6.34. The summed E-state index contributed by atoms with van der Waals surface area (Å²) in [4.78, 5) is 1.42. The maximum Gasteiger partial charge on any atom is 0.0482 e. The third kappa shape index (κ3) is 5.19. The molecule has 0 aliphatic rings. The van der Waals surface area contributed by atoms with Gasteiger partial charge in [-0.15, -0.1) is 11.3 Å². The van der Waals surface area contributed by atoms with Crippen LogP contribution >= 0.6 is 11.3 Å². The average molecular weight is 255 g/mol. The third-order valence-corrected chi connectivity index (χ3v) is 4.13. The fourth-order valence-corrected chi connectivity index (χ4v) is 2.74. The number of nitrogens with one attached hydrogen (secondary N) is 1. The first-order chi connectivity index (χ1) is 8.09. The Morgan fingerprint density at radius 2 is 2.24 bits per heavy atom. The maximum absolute atomic E-state index is 9.18. The van der Waals surface area contributed by atoms with Crippen molar-refractivity contribution in [1.29, 1.82) is 0 Å². The lowest BCUT2D eigenvalue weighted by molar-refractivity contribution is 0.147. The normalized spacial score (nSPS) is 13.9. The molecule has 1 aromatic heterocycles. The Morgan fingerprint density at radius 3 is 2.76 bits per heavy atom. The van der Waals surface area contributed by atoms with E-state index in [1.807, 2.05) is 11.3 Å². The summed E-state index contributed by atoms with van der Waals surface area (Å²) >= 11 is 1.82. The average Bonchev–Trinajstić information content (AvgIpc) is 2.83. The molecule has 0 radical (unpaired) electrons. The predicted molar refractivity (Wildman–Crippen MR) is 75.5 cm³/mol. The molecule has 0 aromatic carbocycles. The van der Waals surface area contributed by atoms with Gasteiger partial charge < -0.3 is 10.4 Å². The molecule has 2 N–H and O–H groups in total. The van der Waals surface area contributed by atoms with Crippen LogP contribution in [0.15, 0.2) is 17.5 Å². The molecule has 1 unspecified atom stereocenters. The van der Waals surface area contributed by atoms with Crippen LogP contribution in [0.1, 0.15) is 51.0 Å². The maximum atomic E-state index is 9.18. The van der Waals surface area contributed by atoms with E-state index in [4.69, 9.17) is 0 Å². The third-order valence-electron chi connectivity index (χ3n) is 3.14. The first-order valence-electron chi connectivity index (χ1n) is 6.46. The molecule has 1 atom stereocenters. The summed E-state index contributed by atoms with van der Waals surface area (Å²) in [6.07, 6.45) is 3.32. The van der Waals surface area contributed by atoms with Crippen LogP contribution in [0.25, 0.3) is 0 Å². The van der Waals surface area contributed by atoms with Crippen LogP contribution in [0.5, 0.6) is 0 Å². The topological polar surface area (TPSA) is 32.3 Å². The Bertz CT molecular complexity index is 295. The molecule has 0 aliphatic carbocycles. The van der Waals surface area contributed by atoms with Gasteiger partial charge in [0.1, 0.15) is 0 Å². The molecule has 0 bridgehead atoms. The highest BCUT2D eigenvalue weighted by Crippen LogP contribution is 2.23. The van der Waals surface area contributed by atoms with E-state index in [1.54, 1.807) is 0 Å². The van der Waals surface area contributed by atoms with Gasteiger partial charge in [-0.3, -0.25) is 0 Å². The highest BCUT2D eigenvalue weighted by Gasteiger charge is 2.16. The van der Waals surface area contributed by atoms with Crippen LogP contribution in [0.4, 0.5) is 0 Å². The zero-order valence-electron chi connectivity index (χ0n) is 11.2. The summed E-state index contributed by atoms with van der Waals surface area (Å²) < 4.78 is 0.